The Kier molecular flexibility index (Phi) is 6.00. The molecule has 0 bridgehead atoms. The van der Waals surface area contributed by atoms with Gasteiger partial charge in [-0.25, -0.2) is 0 Å². The Morgan fingerprint density at radius 1 is 1.20 bits per heavy atom. The summed E-state index contributed by atoms with van der Waals surface area (Å²) in [4.78, 5) is 20.2. The van der Waals surface area contributed by atoms with Gasteiger partial charge in [0.25, 0.3) is 5.91 Å². The summed E-state index contributed by atoms with van der Waals surface area (Å²) in [7, 11) is 1.66. The Labute approximate surface area is 177 Å². The molecule has 1 unspecified atom stereocenters. The molecule has 1 amide bonds. The molecule has 2 heterocycles. The first-order valence-corrected chi connectivity index (χ1v) is 10.5. The summed E-state index contributed by atoms with van der Waals surface area (Å²) >= 11 is 0. The van der Waals surface area contributed by atoms with Gasteiger partial charge in [-0.1, -0.05) is 30.3 Å². The zero-order valence-electron chi connectivity index (χ0n) is 17.9. The lowest BCUT2D eigenvalue weighted by Gasteiger charge is -2.27. The van der Waals surface area contributed by atoms with Crippen LogP contribution in [-0.2, 0) is 11.3 Å². The van der Waals surface area contributed by atoms with Gasteiger partial charge in [0.05, 0.1) is 30.0 Å². The number of ether oxygens (including phenoxy) is 2. The van der Waals surface area contributed by atoms with Crippen molar-refractivity contribution in [3.63, 3.8) is 0 Å². The second-order valence-electron chi connectivity index (χ2n) is 7.95. The number of nitrogens with zero attached hydrogens (tertiary/aromatic N) is 2. The van der Waals surface area contributed by atoms with Crippen LogP contribution in [0.1, 0.15) is 40.0 Å². The highest BCUT2D eigenvalue weighted by Gasteiger charge is 2.26. The van der Waals surface area contributed by atoms with Crippen molar-refractivity contribution in [2.24, 2.45) is 0 Å². The molecule has 1 aromatic heterocycles. The molecule has 156 valence electrons. The normalized spacial score (nSPS) is 16.0. The zero-order valence-corrected chi connectivity index (χ0v) is 17.9. The number of amides is 1. The van der Waals surface area contributed by atoms with Gasteiger partial charge in [-0.3, -0.25) is 9.78 Å². The number of rotatable bonds is 6. The van der Waals surface area contributed by atoms with Crippen molar-refractivity contribution in [3.8, 4) is 5.75 Å². The molecule has 5 nitrogen and oxygen atoms in total. The number of benzene rings is 2. The molecule has 3 aromatic rings. The minimum atomic E-state index is -0.0242. The third-order valence-electron chi connectivity index (χ3n) is 5.68. The van der Waals surface area contributed by atoms with Crippen molar-refractivity contribution < 1.29 is 14.3 Å². The molecule has 0 aliphatic carbocycles. The molecule has 0 N–H and O–H groups in total. The lowest BCUT2D eigenvalue weighted by atomic mass is 10.1. The van der Waals surface area contributed by atoms with Crippen LogP contribution in [0.3, 0.4) is 0 Å². The van der Waals surface area contributed by atoms with Gasteiger partial charge in [0.2, 0.25) is 0 Å². The Hall–Kier alpha value is -2.92. The highest BCUT2D eigenvalue weighted by atomic mass is 16.5. The van der Waals surface area contributed by atoms with Gasteiger partial charge < -0.3 is 14.4 Å². The quantitative estimate of drug-likeness (QED) is 0.598. The average molecular weight is 405 g/mol. The van der Waals surface area contributed by atoms with Crippen molar-refractivity contribution in [2.75, 3.05) is 20.3 Å². The third kappa shape index (κ3) is 4.31. The summed E-state index contributed by atoms with van der Waals surface area (Å²) in [5, 5.41) is 0.976. The van der Waals surface area contributed by atoms with Crippen molar-refractivity contribution in [1.82, 2.24) is 9.88 Å². The van der Waals surface area contributed by atoms with Gasteiger partial charge in [0, 0.05) is 30.6 Å². The molecule has 2 aromatic carbocycles. The molecular weight excluding hydrogens is 376 g/mol. The number of para-hydroxylation sites is 1. The summed E-state index contributed by atoms with van der Waals surface area (Å²) in [5.41, 5.74) is 4.44. The molecule has 0 spiro atoms. The molecule has 5 heteroatoms. The molecule has 1 atom stereocenters. The van der Waals surface area contributed by atoms with E-state index in [9.17, 15) is 4.79 Å². The van der Waals surface area contributed by atoms with Crippen LogP contribution in [0, 0.1) is 13.8 Å². The van der Waals surface area contributed by atoms with E-state index in [0.717, 1.165) is 52.9 Å². The molecular formula is C25H28N2O3. The topological polar surface area (TPSA) is 51.7 Å². The van der Waals surface area contributed by atoms with Gasteiger partial charge >= 0.3 is 0 Å². The van der Waals surface area contributed by atoms with Crippen LogP contribution in [0.2, 0.25) is 0 Å². The van der Waals surface area contributed by atoms with Crippen LogP contribution in [0.25, 0.3) is 10.9 Å². The predicted octanol–water partition coefficient (Wildman–Crippen LogP) is 4.68. The number of carbonyl (C=O) groups excluding carboxylic acids is 1. The predicted molar refractivity (Wildman–Crippen MR) is 118 cm³/mol. The van der Waals surface area contributed by atoms with Gasteiger partial charge in [0.15, 0.2) is 0 Å². The van der Waals surface area contributed by atoms with Gasteiger partial charge in [-0.2, -0.15) is 0 Å². The van der Waals surface area contributed by atoms with Crippen LogP contribution < -0.4 is 4.74 Å². The molecule has 1 aliphatic heterocycles. The van der Waals surface area contributed by atoms with Crippen LogP contribution >= 0.6 is 0 Å². The maximum atomic E-state index is 13.7. The standard InChI is InChI=1S/C25H28N2O3/c1-17-10-11-19-14-22(18(2)26-23(19)13-17)25(28)27(16-21-8-6-12-30-21)15-20-7-4-5-9-24(20)29-3/h4-5,7,9-11,13-14,21H,6,8,12,15-16H2,1-3H3. The number of aromatic nitrogens is 1. The zero-order chi connectivity index (χ0) is 21.1. The van der Waals surface area contributed by atoms with Crippen LogP contribution in [0.5, 0.6) is 5.75 Å². The number of hydrogen-bond acceptors (Lipinski definition) is 4. The first kappa shape index (κ1) is 20.4. The first-order chi connectivity index (χ1) is 14.5. The van der Waals surface area contributed by atoms with E-state index >= 15 is 0 Å². The summed E-state index contributed by atoms with van der Waals surface area (Å²) in [6, 6.07) is 15.9. The second kappa shape index (κ2) is 8.84. The number of methoxy groups -OCH3 is 1. The lowest BCUT2D eigenvalue weighted by Crippen LogP contribution is -2.37. The molecule has 4 rings (SSSR count). The SMILES string of the molecule is COc1ccccc1CN(CC1CCCO1)C(=O)c1cc2ccc(C)cc2nc1C. The van der Waals surface area contributed by atoms with Crippen molar-refractivity contribution >= 4 is 16.8 Å². The number of carbonyl (C=O) groups is 1. The fourth-order valence-electron chi connectivity index (χ4n) is 4.05. The Bertz CT molecular complexity index is 1060. The number of aryl methyl sites for hydroxylation is 2. The Balaban J connectivity index is 1.68. The van der Waals surface area contributed by atoms with E-state index in [0.29, 0.717) is 18.7 Å². The highest BCUT2D eigenvalue weighted by Crippen LogP contribution is 2.24. The molecule has 1 saturated heterocycles. The summed E-state index contributed by atoms with van der Waals surface area (Å²) in [6.45, 7) is 5.74. The van der Waals surface area contributed by atoms with Crippen molar-refractivity contribution in [2.45, 2.75) is 39.3 Å². The molecule has 1 fully saturated rings. The van der Waals surface area contributed by atoms with Gasteiger partial charge in [0.1, 0.15) is 5.75 Å². The summed E-state index contributed by atoms with van der Waals surface area (Å²) in [5.74, 6) is 0.760. The Morgan fingerprint density at radius 3 is 2.80 bits per heavy atom. The fourth-order valence-corrected chi connectivity index (χ4v) is 4.05. The minimum absolute atomic E-state index is 0.0242. The van der Waals surface area contributed by atoms with Gasteiger partial charge in [-0.05, 0) is 50.5 Å². The van der Waals surface area contributed by atoms with Crippen LogP contribution in [0.15, 0.2) is 48.5 Å². The van der Waals surface area contributed by atoms with E-state index in [1.54, 1.807) is 7.11 Å². The Morgan fingerprint density at radius 2 is 2.03 bits per heavy atom. The van der Waals surface area contributed by atoms with E-state index in [-0.39, 0.29) is 12.0 Å². The molecule has 0 radical (unpaired) electrons. The van der Waals surface area contributed by atoms with E-state index in [1.807, 2.05) is 61.2 Å². The number of hydrogen-bond donors (Lipinski definition) is 0. The number of fused-ring (bicyclic) bond motifs is 1. The molecule has 1 aliphatic rings. The number of pyridine rings is 1. The monoisotopic (exact) mass is 404 g/mol. The fraction of sp³-hybridized carbons (Fsp3) is 0.360. The molecule has 30 heavy (non-hydrogen) atoms. The van der Waals surface area contributed by atoms with E-state index < -0.39 is 0 Å². The van der Waals surface area contributed by atoms with E-state index in [2.05, 4.69) is 6.07 Å². The smallest absolute Gasteiger partial charge is 0.256 e. The van der Waals surface area contributed by atoms with Crippen LogP contribution in [-0.4, -0.2) is 42.2 Å². The summed E-state index contributed by atoms with van der Waals surface area (Å²) in [6.07, 6.45) is 2.08. The van der Waals surface area contributed by atoms with Crippen molar-refractivity contribution in [1.29, 1.82) is 0 Å². The average Bonchev–Trinajstić information content (AvgIpc) is 3.26. The van der Waals surface area contributed by atoms with E-state index in [1.165, 1.54) is 0 Å². The second-order valence-corrected chi connectivity index (χ2v) is 7.95. The molecule has 0 saturated carbocycles. The van der Waals surface area contributed by atoms with Gasteiger partial charge in [-0.15, -0.1) is 0 Å². The maximum Gasteiger partial charge on any atom is 0.256 e. The van der Waals surface area contributed by atoms with Crippen LogP contribution in [0.4, 0.5) is 0 Å². The maximum absolute atomic E-state index is 13.7. The lowest BCUT2D eigenvalue weighted by molar-refractivity contribution is 0.0505. The minimum Gasteiger partial charge on any atom is -0.496 e. The van der Waals surface area contributed by atoms with Crippen molar-refractivity contribution in [3.05, 3.63) is 70.9 Å². The largest absolute Gasteiger partial charge is 0.496 e. The summed E-state index contributed by atoms with van der Waals surface area (Å²) < 4.78 is 11.3. The van der Waals surface area contributed by atoms with E-state index in [4.69, 9.17) is 14.5 Å². The highest BCUT2D eigenvalue weighted by molar-refractivity contribution is 5.98. The first-order valence-electron chi connectivity index (χ1n) is 10.5. The third-order valence-corrected chi connectivity index (χ3v) is 5.68.